The van der Waals surface area contributed by atoms with E-state index in [0.29, 0.717) is 5.69 Å². The summed E-state index contributed by atoms with van der Waals surface area (Å²) < 4.78 is 0. The topological polar surface area (TPSA) is 37.4 Å². The molecule has 2 bridgehead atoms. The minimum Gasteiger partial charge on any atom is -0.274 e. The normalized spacial score (nSPS) is 33.2. The molecule has 4 rings (SSSR count). The molecule has 6 heteroatoms. The number of halogens is 3. The molecule has 0 unspecified atom stereocenters. The van der Waals surface area contributed by atoms with Crippen LogP contribution in [-0.4, -0.2) is 11.8 Å². The van der Waals surface area contributed by atoms with Gasteiger partial charge in [-0.2, -0.15) is 0 Å². The van der Waals surface area contributed by atoms with Gasteiger partial charge in [-0.05, 0) is 30.4 Å². The maximum absolute atomic E-state index is 12.6. The van der Waals surface area contributed by atoms with Crippen molar-refractivity contribution in [1.29, 1.82) is 0 Å². The highest BCUT2D eigenvalue weighted by atomic mass is 35.5. The van der Waals surface area contributed by atoms with Crippen LogP contribution in [-0.2, 0) is 9.59 Å². The number of rotatable bonds is 1. The molecule has 2 aliphatic carbocycles. The number of carbonyl (C=O) groups is 2. The molecule has 21 heavy (non-hydrogen) atoms. The molecule has 1 saturated carbocycles. The van der Waals surface area contributed by atoms with Crippen molar-refractivity contribution in [1.82, 2.24) is 0 Å². The number of allylic oxidation sites excluding steroid dienone is 2. The molecule has 1 heterocycles. The molecule has 2 amide bonds. The van der Waals surface area contributed by atoms with Crippen molar-refractivity contribution in [2.24, 2.45) is 23.7 Å². The van der Waals surface area contributed by atoms with Crippen molar-refractivity contribution >= 4 is 52.3 Å². The number of carbonyl (C=O) groups excluding carboxylic acids is 2. The van der Waals surface area contributed by atoms with Gasteiger partial charge in [0.1, 0.15) is 0 Å². The third-order valence-electron chi connectivity index (χ3n) is 4.70. The predicted molar refractivity (Wildman–Crippen MR) is 81.7 cm³/mol. The van der Waals surface area contributed by atoms with Gasteiger partial charge in [0.25, 0.3) is 0 Å². The maximum Gasteiger partial charge on any atom is 0.238 e. The number of nitrogens with zero attached hydrogens (tertiary/aromatic N) is 1. The number of amides is 2. The molecule has 0 aromatic heterocycles. The zero-order valence-electron chi connectivity index (χ0n) is 10.7. The molecule has 2 fully saturated rings. The van der Waals surface area contributed by atoms with E-state index in [1.807, 2.05) is 0 Å². The van der Waals surface area contributed by atoms with Gasteiger partial charge in [-0.25, -0.2) is 4.90 Å². The second kappa shape index (κ2) is 4.48. The van der Waals surface area contributed by atoms with Gasteiger partial charge in [-0.3, -0.25) is 9.59 Å². The van der Waals surface area contributed by atoms with Crippen molar-refractivity contribution in [2.75, 3.05) is 4.90 Å². The van der Waals surface area contributed by atoms with Gasteiger partial charge in [0, 0.05) is 0 Å². The molecule has 108 valence electrons. The van der Waals surface area contributed by atoms with Crippen molar-refractivity contribution < 1.29 is 9.59 Å². The fourth-order valence-corrected chi connectivity index (χ4v) is 4.41. The Hall–Kier alpha value is -1.03. The lowest BCUT2D eigenvalue weighted by Crippen LogP contribution is -2.32. The van der Waals surface area contributed by atoms with Crippen molar-refractivity contribution in [3.8, 4) is 0 Å². The van der Waals surface area contributed by atoms with Gasteiger partial charge in [-0.1, -0.05) is 47.0 Å². The van der Waals surface area contributed by atoms with E-state index in [2.05, 4.69) is 12.2 Å². The van der Waals surface area contributed by atoms with Crippen LogP contribution in [0.15, 0.2) is 24.3 Å². The number of anilines is 1. The van der Waals surface area contributed by atoms with E-state index in [-0.39, 0.29) is 50.6 Å². The summed E-state index contributed by atoms with van der Waals surface area (Å²) in [7, 11) is 0. The summed E-state index contributed by atoms with van der Waals surface area (Å²) in [6.07, 6.45) is 5.02. The number of fused-ring (bicyclic) bond motifs is 5. The molecule has 1 aliphatic heterocycles. The van der Waals surface area contributed by atoms with E-state index >= 15 is 0 Å². The van der Waals surface area contributed by atoms with Crippen molar-refractivity contribution in [2.45, 2.75) is 6.42 Å². The van der Waals surface area contributed by atoms with Crippen molar-refractivity contribution in [3.05, 3.63) is 39.4 Å². The van der Waals surface area contributed by atoms with Crippen LogP contribution < -0.4 is 4.90 Å². The monoisotopic (exact) mass is 341 g/mol. The fourth-order valence-electron chi connectivity index (χ4n) is 3.83. The summed E-state index contributed by atoms with van der Waals surface area (Å²) in [5, 5.41) is 0.693. The standard InChI is InChI=1S/C15H10Cl3NO2/c16-9-4-8(5-10(17)13(9)18)19-14(20)11-6-1-2-7(3-6)12(11)15(19)21/h1-2,4-7,11-12H,3H2/t6-,7-,11-,12+/m0/s1. The Morgan fingerprint density at radius 3 is 1.86 bits per heavy atom. The second-order valence-corrected chi connectivity index (χ2v) is 6.93. The summed E-state index contributed by atoms with van der Waals surface area (Å²) in [4.78, 5) is 26.5. The molecular formula is C15H10Cl3NO2. The highest BCUT2D eigenvalue weighted by Gasteiger charge is 2.59. The van der Waals surface area contributed by atoms with Gasteiger partial charge in [0.15, 0.2) is 0 Å². The first-order chi connectivity index (χ1) is 9.99. The smallest absolute Gasteiger partial charge is 0.238 e. The number of imide groups is 1. The molecule has 4 atom stereocenters. The molecule has 0 N–H and O–H groups in total. The van der Waals surface area contributed by atoms with E-state index in [4.69, 9.17) is 34.8 Å². The first-order valence-electron chi connectivity index (χ1n) is 6.69. The average molecular weight is 343 g/mol. The molecule has 3 nitrogen and oxygen atoms in total. The highest BCUT2D eigenvalue weighted by molar-refractivity contribution is 6.48. The third-order valence-corrected chi connectivity index (χ3v) is 5.89. The zero-order chi connectivity index (χ0) is 14.9. The van der Waals surface area contributed by atoms with E-state index < -0.39 is 0 Å². The molecule has 0 radical (unpaired) electrons. The minimum absolute atomic E-state index is 0.156. The Labute approximate surface area is 136 Å². The number of hydrogen-bond donors (Lipinski definition) is 0. The Bertz CT molecular complexity index is 662. The molecule has 1 saturated heterocycles. The predicted octanol–water partition coefficient (Wildman–Crippen LogP) is 3.96. The van der Waals surface area contributed by atoms with E-state index in [1.165, 1.54) is 17.0 Å². The molecule has 0 spiro atoms. The molecule has 1 aromatic rings. The largest absolute Gasteiger partial charge is 0.274 e. The second-order valence-electron chi connectivity index (χ2n) is 5.74. The van der Waals surface area contributed by atoms with Crippen LogP contribution >= 0.6 is 34.8 Å². The Balaban J connectivity index is 1.78. The summed E-state index contributed by atoms with van der Waals surface area (Å²) in [6.45, 7) is 0. The SMILES string of the molecule is O=C1[C@@H]2[C@H](C(=O)N1c1cc(Cl)c(Cl)c(Cl)c1)[C@H]1C=C[C@H]2C1. The van der Waals surface area contributed by atoms with Crippen LogP contribution in [0.4, 0.5) is 5.69 Å². The lowest BCUT2D eigenvalue weighted by Gasteiger charge is -2.18. The zero-order valence-corrected chi connectivity index (χ0v) is 13.0. The Kier molecular flexibility index (Phi) is 2.91. The van der Waals surface area contributed by atoms with Crippen LogP contribution in [0.25, 0.3) is 0 Å². The van der Waals surface area contributed by atoms with Gasteiger partial charge in [-0.15, -0.1) is 0 Å². The van der Waals surface area contributed by atoms with E-state index in [0.717, 1.165) is 6.42 Å². The quantitative estimate of drug-likeness (QED) is 0.440. The Morgan fingerprint density at radius 2 is 1.38 bits per heavy atom. The van der Waals surface area contributed by atoms with Gasteiger partial charge in [0.2, 0.25) is 11.8 Å². The lowest BCUT2D eigenvalue weighted by atomic mass is 9.85. The summed E-state index contributed by atoms with van der Waals surface area (Å²) >= 11 is 17.9. The van der Waals surface area contributed by atoms with Gasteiger partial charge >= 0.3 is 0 Å². The first kappa shape index (κ1) is 13.6. The van der Waals surface area contributed by atoms with E-state index in [9.17, 15) is 9.59 Å². The van der Waals surface area contributed by atoms with Gasteiger partial charge < -0.3 is 0 Å². The van der Waals surface area contributed by atoms with Crippen LogP contribution in [0.5, 0.6) is 0 Å². The summed E-state index contributed by atoms with van der Waals surface area (Å²) in [5.74, 6) is -0.423. The van der Waals surface area contributed by atoms with Crippen LogP contribution in [0.2, 0.25) is 15.1 Å². The van der Waals surface area contributed by atoms with E-state index in [1.54, 1.807) is 0 Å². The van der Waals surface area contributed by atoms with Crippen LogP contribution in [0.3, 0.4) is 0 Å². The fraction of sp³-hybridized carbons (Fsp3) is 0.333. The lowest BCUT2D eigenvalue weighted by molar-refractivity contribution is -0.123. The first-order valence-corrected chi connectivity index (χ1v) is 7.83. The maximum atomic E-state index is 12.6. The van der Waals surface area contributed by atoms with Crippen molar-refractivity contribution in [3.63, 3.8) is 0 Å². The number of benzene rings is 1. The molecule has 1 aromatic carbocycles. The summed E-state index contributed by atoms with van der Waals surface area (Å²) in [5.41, 5.74) is 0.401. The van der Waals surface area contributed by atoms with Crippen LogP contribution in [0.1, 0.15) is 6.42 Å². The number of hydrogen-bond acceptors (Lipinski definition) is 2. The third kappa shape index (κ3) is 1.74. The minimum atomic E-state index is -0.235. The summed E-state index contributed by atoms with van der Waals surface area (Å²) in [6, 6.07) is 3.03. The Morgan fingerprint density at radius 1 is 0.905 bits per heavy atom. The molecular weight excluding hydrogens is 333 g/mol. The van der Waals surface area contributed by atoms with Gasteiger partial charge in [0.05, 0.1) is 32.6 Å². The highest BCUT2D eigenvalue weighted by Crippen LogP contribution is 2.53. The van der Waals surface area contributed by atoms with Crippen LogP contribution in [0, 0.1) is 23.7 Å². The molecule has 3 aliphatic rings. The average Bonchev–Trinajstić information content (AvgIpc) is 3.10.